The summed E-state index contributed by atoms with van der Waals surface area (Å²) in [5.41, 5.74) is 0.545. The Morgan fingerprint density at radius 2 is 2.27 bits per heavy atom. The van der Waals surface area contributed by atoms with E-state index < -0.39 is 11.8 Å². The number of benzene rings is 1. The zero-order valence-electron chi connectivity index (χ0n) is 8.50. The average Bonchev–Trinajstić information content (AvgIpc) is 2.18. The first-order valence-corrected chi connectivity index (χ1v) is 4.47. The Balaban J connectivity index is 3.20. The summed E-state index contributed by atoms with van der Waals surface area (Å²) in [6.45, 7) is 3.52. The van der Waals surface area contributed by atoms with E-state index in [-0.39, 0.29) is 17.7 Å². The lowest BCUT2D eigenvalue weighted by atomic mass is 10.1. The molecule has 0 radical (unpaired) electrons. The minimum absolute atomic E-state index is 0.149. The van der Waals surface area contributed by atoms with Crippen molar-refractivity contribution in [2.45, 2.75) is 13.8 Å². The number of carbonyl (C=O) groups excluding carboxylic acids is 1. The second kappa shape index (κ2) is 4.56. The van der Waals surface area contributed by atoms with Gasteiger partial charge in [-0.1, -0.05) is 0 Å². The first-order valence-electron chi connectivity index (χ1n) is 4.47. The minimum Gasteiger partial charge on any atom is -0.462 e. The molecule has 3 nitrogen and oxygen atoms in total. The summed E-state index contributed by atoms with van der Waals surface area (Å²) in [7, 11) is 0. The maximum atomic E-state index is 13.1. The normalized spacial score (nSPS) is 9.47. The highest BCUT2D eigenvalue weighted by Gasteiger charge is 2.13. The molecule has 0 atom stereocenters. The van der Waals surface area contributed by atoms with Crippen LogP contribution in [0.1, 0.15) is 28.4 Å². The van der Waals surface area contributed by atoms with Crippen LogP contribution in [0.15, 0.2) is 12.1 Å². The molecule has 0 aliphatic heterocycles. The molecule has 78 valence electrons. The van der Waals surface area contributed by atoms with Crippen molar-refractivity contribution in [3.8, 4) is 6.07 Å². The van der Waals surface area contributed by atoms with E-state index in [0.29, 0.717) is 5.56 Å². The summed E-state index contributed by atoms with van der Waals surface area (Å²) >= 11 is 0. The van der Waals surface area contributed by atoms with Crippen LogP contribution >= 0.6 is 0 Å². The number of aryl methyl sites for hydroxylation is 1. The van der Waals surface area contributed by atoms with Gasteiger partial charge in [-0.15, -0.1) is 0 Å². The maximum absolute atomic E-state index is 13.1. The molecule has 0 spiro atoms. The van der Waals surface area contributed by atoms with E-state index in [0.717, 1.165) is 6.07 Å². The lowest BCUT2D eigenvalue weighted by molar-refractivity contribution is 0.0525. The second-order valence-electron chi connectivity index (χ2n) is 2.98. The van der Waals surface area contributed by atoms with Crippen molar-refractivity contribution >= 4 is 5.97 Å². The van der Waals surface area contributed by atoms with E-state index in [1.807, 2.05) is 0 Å². The van der Waals surface area contributed by atoms with Crippen LogP contribution in [0.5, 0.6) is 0 Å². The fraction of sp³-hybridized carbons (Fsp3) is 0.273. The third kappa shape index (κ3) is 2.32. The van der Waals surface area contributed by atoms with Crippen molar-refractivity contribution in [2.75, 3.05) is 6.61 Å². The first-order chi connectivity index (χ1) is 7.10. The quantitative estimate of drug-likeness (QED) is 0.698. The molecule has 15 heavy (non-hydrogen) atoms. The van der Waals surface area contributed by atoms with Gasteiger partial charge < -0.3 is 4.74 Å². The van der Waals surface area contributed by atoms with Crippen molar-refractivity contribution in [2.24, 2.45) is 0 Å². The number of hydrogen-bond acceptors (Lipinski definition) is 3. The van der Waals surface area contributed by atoms with E-state index in [1.54, 1.807) is 19.9 Å². The van der Waals surface area contributed by atoms with E-state index in [1.165, 1.54) is 6.07 Å². The Hall–Kier alpha value is -1.89. The molecule has 0 amide bonds. The van der Waals surface area contributed by atoms with Crippen molar-refractivity contribution in [3.63, 3.8) is 0 Å². The molecule has 0 fully saturated rings. The lowest BCUT2D eigenvalue weighted by Gasteiger charge is -2.05. The topological polar surface area (TPSA) is 50.1 Å². The zero-order valence-corrected chi connectivity index (χ0v) is 8.50. The van der Waals surface area contributed by atoms with E-state index in [4.69, 9.17) is 10.00 Å². The Labute approximate surface area is 87.1 Å². The Kier molecular flexibility index (Phi) is 3.40. The minimum atomic E-state index is -0.622. The Morgan fingerprint density at radius 1 is 1.60 bits per heavy atom. The van der Waals surface area contributed by atoms with Crippen molar-refractivity contribution in [1.29, 1.82) is 5.26 Å². The standard InChI is InChI=1S/C11H10FNO2/c1-3-15-11(14)9-5-8(6-13)10(12)4-7(9)2/h4-5H,3H2,1-2H3. The molecule has 1 aromatic rings. The molecule has 0 saturated carbocycles. The van der Waals surface area contributed by atoms with Gasteiger partial charge >= 0.3 is 5.97 Å². The number of esters is 1. The molecule has 0 bridgehead atoms. The van der Waals surface area contributed by atoms with Gasteiger partial charge in [0.2, 0.25) is 0 Å². The summed E-state index contributed by atoms with van der Waals surface area (Å²) < 4.78 is 17.9. The molecular formula is C11H10FNO2. The van der Waals surface area contributed by atoms with Gasteiger partial charge in [0.25, 0.3) is 0 Å². The smallest absolute Gasteiger partial charge is 0.338 e. The van der Waals surface area contributed by atoms with Crippen molar-refractivity contribution in [3.05, 3.63) is 34.6 Å². The summed E-state index contributed by atoms with van der Waals surface area (Å²) in [5, 5.41) is 8.60. The van der Waals surface area contributed by atoms with Gasteiger partial charge in [0.1, 0.15) is 11.9 Å². The molecule has 0 saturated heterocycles. The number of ether oxygens (including phenoxy) is 1. The number of hydrogen-bond donors (Lipinski definition) is 0. The van der Waals surface area contributed by atoms with Gasteiger partial charge in [-0.25, -0.2) is 9.18 Å². The van der Waals surface area contributed by atoms with Gasteiger partial charge in [-0.3, -0.25) is 0 Å². The lowest BCUT2D eigenvalue weighted by Crippen LogP contribution is -2.07. The van der Waals surface area contributed by atoms with Gasteiger partial charge in [0.15, 0.2) is 0 Å². The highest BCUT2D eigenvalue weighted by atomic mass is 19.1. The number of nitrogens with zero attached hydrogens (tertiary/aromatic N) is 1. The highest BCUT2D eigenvalue weighted by molar-refractivity contribution is 5.91. The van der Waals surface area contributed by atoms with E-state index in [2.05, 4.69) is 0 Å². The fourth-order valence-corrected chi connectivity index (χ4v) is 1.19. The van der Waals surface area contributed by atoms with Crippen molar-refractivity contribution < 1.29 is 13.9 Å². The third-order valence-corrected chi connectivity index (χ3v) is 1.93. The number of rotatable bonds is 2. The summed E-state index contributed by atoms with van der Waals surface area (Å²) in [4.78, 5) is 11.4. The summed E-state index contributed by atoms with van der Waals surface area (Å²) in [6.07, 6.45) is 0. The van der Waals surface area contributed by atoms with Crippen LogP contribution in [-0.4, -0.2) is 12.6 Å². The molecule has 0 heterocycles. The van der Waals surface area contributed by atoms with Gasteiger partial charge in [-0.2, -0.15) is 5.26 Å². The van der Waals surface area contributed by atoms with Crippen LogP contribution in [0.4, 0.5) is 4.39 Å². The van der Waals surface area contributed by atoms with Gasteiger partial charge in [-0.05, 0) is 31.5 Å². The number of carbonyl (C=O) groups is 1. The SMILES string of the molecule is CCOC(=O)c1cc(C#N)c(F)cc1C. The monoisotopic (exact) mass is 207 g/mol. The molecule has 1 aromatic carbocycles. The van der Waals surface area contributed by atoms with Crippen molar-refractivity contribution in [1.82, 2.24) is 0 Å². The molecule has 0 aromatic heterocycles. The maximum Gasteiger partial charge on any atom is 0.338 e. The second-order valence-corrected chi connectivity index (χ2v) is 2.98. The average molecular weight is 207 g/mol. The van der Waals surface area contributed by atoms with Crippen LogP contribution in [0, 0.1) is 24.1 Å². The molecule has 0 aliphatic rings. The predicted molar refractivity (Wildman–Crippen MR) is 51.8 cm³/mol. The summed E-state index contributed by atoms with van der Waals surface area (Å²) in [5.74, 6) is -1.16. The third-order valence-electron chi connectivity index (χ3n) is 1.93. The van der Waals surface area contributed by atoms with Crippen LogP contribution < -0.4 is 0 Å². The van der Waals surface area contributed by atoms with Crippen LogP contribution in [0.25, 0.3) is 0 Å². The highest BCUT2D eigenvalue weighted by Crippen LogP contribution is 2.15. The Bertz CT molecular complexity index is 435. The van der Waals surface area contributed by atoms with Crippen LogP contribution in [0.3, 0.4) is 0 Å². The van der Waals surface area contributed by atoms with Gasteiger partial charge in [0, 0.05) is 0 Å². The molecule has 0 aliphatic carbocycles. The largest absolute Gasteiger partial charge is 0.462 e. The Morgan fingerprint density at radius 3 is 2.80 bits per heavy atom. The number of nitriles is 1. The molecule has 0 unspecified atom stereocenters. The summed E-state index contributed by atoms with van der Waals surface area (Å²) in [6, 6.07) is 4.05. The predicted octanol–water partition coefficient (Wildman–Crippen LogP) is 2.18. The zero-order chi connectivity index (χ0) is 11.4. The van der Waals surface area contributed by atoms with Gasteiger partial charge in [0.05, 0.1) is 17.7 Å². The number of halogens is 1. The molecule has 1 rings (SSSR count). The molecular weight excluding hydrogens is 197 g/mol. The molecule has 4 heteroatoms. The van der Waals surface area contributed by atoms with Crippen LogP contribution in [-0.2, 0) is 4.74 Å². The van der Waals surface area contributed by atoms with E-state index in [9.17, 15) is 9.18 Å². The first kappa shape index (κ1) is 11.2. The molecule has 0 N–H and O–H groups in total. The van der Waals surface area contributed by atoms with E-state index >= 15 is 0 Å². The van der Waals surface area contributed by atoms with Crippen LogP contribution in [0.2, 0.25) is 0 Å². The fourth-order valence-electron chi connectivity index (χ4n) is 1.19.